The summed E-state index contributed by atoms with van der Waals surface area (Å²) in [6.07, 6.45) is 3.75. The van der Waals surface area contributed by atoms with E-state index >= 15 is 0 Å². The molecule has 2 rings (SSSR count). The van der Waals surface area contributed by atoms with E-state index in [0.29, 0.717) is 12.6 Å². The van der Waals surface area contributed by atoms with Gasteiger partial charge in [0.05, 0.1) is 0 Å². The molecule has 3 heteroatoms. The second kappa shape index (κ2) is 5.03. The predicted octanol–water partition coefficient (Wildman–Crippen LogP) is 1.91. The first-order chi connectivity index (χ1) is 7.34. The van der Waals surface area contributed by atoms with E-state index in [4.69, 9.17) is 9.84 Å². The lowest BCUT2D eigenvalue weighted by atomic mass is 10.1. The fraction of sp³-hybridized carbons (Fsp3) is 0.500. The van der Waals surface area contributed by atoms with Gasteiger partial charge in [-0.25, -0.2) is 0 Å². The Balaban J connectivity index is 1.79. The van der Waals surface area contributed by atoms with Crippen molar-refractivity contribution in [3.05, 3.63) is 24.3 Å². The molecule has 1 saturated heterocycles. The molecule has 0 aliphatic carbocycles. The van der Waals surface area contributed by atoms with Gasteiger partial charge < -0.3 is 15.2 Å². The van der Waals surface area contributed by atoms with Crippen molar-refractivity contribution in [1.29, 1.82) is 0 Å². The fourth-order valence-electron chi connectivity index (χ4n) is 1.81. The van der Waals surface area contributed by atoms with Gasteiger partial charge in [-0.1, -0.05) is 6.42 Å². The number of aromatic hydroxyl groups is 1. The molecular formula is C12H17NO2. The summed E-state index contributed by atoms with van der Waals surface area (Å²) in [5.41, 5.74) is 0. The Hall–Kier alpha value is -1.22. The van der Waals surface area contributed by atoms with Gasteiger partial charge in [0, 0.05) is 6.04 Å². The fourth-order valence-corrected chi connectivity index (χ4v) is 1.81. The lowest BCUT2D eigenvalue weighted by Crippen LogP contribution is -2.38. The number of phenolic OH excluding ortho intramolecular Hbond substituents is 1. The number of nitrogens with one attached hydrogen (secondary N) is 1. The van der Waals surface area contributed by atoms with Crippen molar-refractivity contribution in [3.63, 3.8) is 0 Å². The third kappa shape index (κ3) is 3.13. The molecule has 15 heavy (non-hydrogen) atoms. The molecule has 1 aliphatic heterocycles. The summed E-state index contributed by atoms with van der Waals surface area (Å²) in [7, 11) is 0. The number of ether oxygens (including phenoxy) is 1. The molecular weight excluding hydrogens is 190 g/mol. The van der Waals surface area contributed by atoms with E-state index in [-0.39, 0.29) is 5.75 Å². The third-order valence-electron chi connectivity index (χ3n) is 2.70. The molecule has 1 aliphatic rings. The van der Waals surface area contributed by atoms with E-state index in [9.17, 15) is 0 Å². The Morgan fingerprint density at radius 1 is 1.27 bits per heavy atom. The number of piperidine rings is 1. The third-order valence-corrected chi connectivity index (χ3v) is 2.70. The summed E-state index contributed by atoms with van der Waals surface area (Å²) in [5.74, 6) is 1.10. The average Bonchev–Trinajstić information content (AvgIpc) is 2.30. The Bertz CT molecular complexity index is 291. The molecule has 1 fully saturated rings. The monoisotopic (exact) mass is 207 g/mol. The van der Waals surface area contributed by atoms with Crippen molar-refractivity contribution in [2.45, 2.75) is 25.3 Å². The topological polar surface area (TPSA) is 41.5 Å². The summed E-state index contributed by atoms with van der Waals surface area (Å²) in [5, 5.41) is 12.5. The number of benzene rings is 1. The molecule has 1 atom stereocenters. The SMILES string of the molecule is Oc1ccc(OCC2CCCCN2)cc1. The van der Waals surface area contributed by atoms with Crippen LogP contribution in [0.3, 0.4) is 0 Å². The Morgan fingerprint density at radius 2 is 2.07 bits per heavy atom. The van der Waals surface area contributed by atoms with Crippen molar-refractivity contribution in [2.24, 2.45) is 0 Å². The first-order valence-corrected chi connectivity index (χ1v) is 5.50. The van der Waals surface area contributed by atoms with Crippen LogP contribution in [0.2, 0.25) is 0 Å². The molecule has 0 bridgehead atoms. The van der Waals surface area contributed by atoms with Crippen LogP contribution >= 0.6 is 0 Å². The summed E-state index contributed by atoms with van der Waals surface area (Å²) < 4.78 is 5.63. The minimum atomic E-state index is 0.276. The van der Waals surface area contributed by atoms with Crippen LogP contribution < -0.4 is 10.1 Å². The van der Waals surface area contributed by atoms with E-state index < -0.39 is 0 Å². The molecule has 1 aromatic carbocycles. The molecule has 1 aromatic rings. The molecule has 82 valence electrons. The van der Waals surface area contributed by atoms with Gasteiger partial charge in [0.15, 0.2) is 0 Å². The lowest BCUT2D eigenvalue weighted by molar-refractivity contribution is 0.239. The molecule has 0 saturated carbocycles. The summed E-state index contributed by atoms with van der Waals surface area (Å²) >= 11 is 0. The molecule has 0 radical (unpaired) electrons. The van der Waals surface area contributed by atoms with Crippen LogP contribution in [0.15, 0.2) is 24.3 Å². The van der Waals surface area contributed by atoms with Crippen LogP contribution in [-0.2, 0) is 0 Å². The van der Waals surface area contributed by atoms with E-state index in [1.807, 2.05) is 0 Å². The van der Waals surface area contributed by atoms with Crippen LogP contribution in [0.1, 0.15) is 19.3 Å². The molecule has 3 nitrogen and oxygen atoms in total. The predicted molar refractivity (Wildman–Crippen MR) is 59.2 cm³/mol. The Labute approximate surface area is 90.1 Å². The highest BCUT2D eigenvalue weighted by Gasteiger charge is 2.12. The van der Waals surface area contributed by atoms with Crippen LogP contribution in [-0.4, -0.2) is 24.3 Å². The highest BCUT2D eigenvalue weighted by Crippen LogP contribution is 2.17. The zero-order chi connectivity index (χ0) is 10.5. The normalized spacial score (nSPS) is 21.2. The van der Waals surface area contributed by atoms with Crippen molar-refractivity contribution < 1.29 is 9.84 Å². The average molecular weight is 207 g/mol. The van der Waals surface area contributed by atoms with Crippen LogP contribution in [0, 0.1) is 0 Å². The van der Waals surface area contributed by atoms with Gasteiger partial charge in [0.1, 0.15) is 18.1 Å². The summed E-state index contributed by atoms with van der Waals surface area (Å²) in [6.45, 7) is 1.81. The quantitative estimate of drug-likeness (QED) is 0.795. The van der Waals surface area contributed by atoms with Crippen LogP contribution in [0.25, 0.3) is 0 Å². The van der Waals surface area contributed by atoms with Gasteiger partial charge >= 0.3 is 0 Å². The maximum absolute atomic E-state index is 9.11. The van der Waals surface area contributed by atoms with Gasteiger partial charge in [-0.05, 0) is 43.7 Å². The van der Waals surface area contributed by atoms with Gasteiger partial charge in [-0.3, -0.25) is 0 Å². The van der Waals surface area contributed by atoms with Gasteiger partial charge in [-0.15, -0.1) is 0 Å². The molecule has 0 spiro atoms. The standard InChI is InChI=1S/C12H17NO2/c14-11-4-6-12(7-5-11)15-9-10-3-1-2-8-13-10/h4-7,10,13-14H,1-3,8-9H2. The summed E-state index contributed by atoms with van der Waals surface area (Å²) in [6, 6.07) is 7.34. The molecule has 0 amide bonds. The van der Waals surface area contributed by atoms with Gasteiger partial charge in [-0.2, -0.15) is 0 Å². The Kier molecular flexibility index (Phi) is 3.45. The van der Waals surface area contributed by atoms with Crippen LogP contribution in [0.5, 0.6) is 11.5 Å². The second-order valence-corrected chi connectivity index (χ2v) is 3.95. The number of phenols is 1. The molecule has 2 N–H and O–H groups in total. The van der Waals surface area contributed by atoms with Gasteiger partial charge in [0.25, 0.3) is 0 Å². The smallest absolute Gasteiger partial charge is 0.119 e. The minimum Gasteiger partial charge on any atom is -0.508 e. The first kappa shape index (κ1) is 10.3. The zero-order valence-corrected chi connectivity index (χ0v) is 8.78. The Morgan fingerprint density at radius 3 is 2.73 bits per heavy atom. The molecule has 1 heterocycles. The van der Waals surface area contributed by atoms with Crippen LogP contribution in [0.4, 0.5) is 0 Å². The number of hydrogen-bond acceptors (Lipinski definition) is 3. The van der Waals surface area contributed by atoms with E-state index in [0.717, 1.165) is 12.3 Å². The van der Waals surface area contributed by atoms with Crippen molar-refractivity contribution in [3.8, 4) is 11.5 Å². The highest BCUT2D eigenvalue weighted by atomic mass is 16.5. The maximum atomic E-state index is 9.11. The number of hydrogen-bond donors (Lipinski definition) is 2. The largest absolute Gasteiger partial charge is 0.508 e. The first-order valence-electron chi connectivity index (χ1n) is 5.50. The van der Waals surface area contributed by atoms with E-state index in [1.54, 1.807) is 24.3 Å². The molecule has 1 unspecified atom stereocenters. The maximum Gasteiger partial charge on any atom is 0.119 e. The zero-order valence-electron chi connectivity index (χ0n) is 8.78. The highest BCUT2D eigenvalue weighted by molar-refractivity contribution is 5.30. The van der Waals surface area contributed by atoms with E-state index in [2.05, 4.69) is 5.32 Å². The summed E-state index contributed by atoms with van der Waals surface area (Å²) in [4.78, 5) is 0. The second-order valence-electron chi connectivity index (χ2n) is 3.95. The van der Waals surface area contributed by atoms with E-state index in [1.165, 1.54) is 19.3 Å². The minimum absolute atomic E-state index is 0.276. The van der Waals surface area contributed by atoms with Crippen molar-refractivity contribution in [1.82, 2.24) is 5.32 Å². The van der Waals surface area contributed by atoms with Crippen molar-refractivity contribution in [2.75, 3.05) is 13.2 Å². The molecule has 0 aromatic heterocycles. The van der Waals surface area contributed by atoms with Gasteiger partial charge in [0.2, 0.25) is 0 Å². The number of rotatable bonds is 3. The lowest BCUT2D eigenvalue weighted by Gasteiger charge is -2.23. The van der Waals surface area contributed by atoms with Crippen molar-refractivity contribution >= 4 is 0 Å².